The van der Waals surface area contributed by atoms with Crippen molar-refractivity contribution in [2.45, 2.75) is 104 Å². The van der Waals surface area contributed by atoms with Crippen molar-refractivity contribution in [1.29, 1.82) is 0 Å². The quantitative estimate of drug-likeness (QED) is 0.0699. The van der Waals surface area contributed by atoms with Crippen molar-refractivity contribution in [3.8, 4) is 11.5 Å². The van der Waals surface area contributed by atoms with Crippen molar-refractivity contribution in [2.75, 3.05) is 0 Å². The van der Waals surface area contributed by atoms with E-state index in [-0.39, 0.29) is 34.7 Å². The van der Waals surface area contributed by atoms with Crippen molar-refractivity contribution in [1.82, 2.24) is 0 Å². The molecule has 0 aliphatic rings. The Labute approximate surface area is 224 Å². The Hall–Kier alpha value is -3.49. The summed E-state index contributed by atoms with van der Waals surface area (Å²) in [6.45, 7) is 8.17. The van der Waals surface area contributed by atoms with Gasteiger partial charge in [-0.2, -0.15) is 0 Å². The summed E-state index contributed by atoms with van der Waals surface area (Å²) in [5.74, 6) is 0.291. The van der Waals surface area contributed by atoms with Crippen LogP contribution in [0.4, 0.5) is 16.2 Å². The van der Waals surface area contributed by atoms with Gasteiger partial charge in [-0.1, -0.05) is 79.1 Å². The Morgan fingerprint density at radius 1 is 0.711 bits per heavy atom. The Kier molecular flexibility index (Phi) is 12.7. The van der Waals surface area contributed by atoms with Crippen molar-refractivity contribution < 1.29 is 24.1 Å². The summed E-state index contributed by atoms with van der Waals surface area (Å²) in [6.07, 6.45) is 9.10. The van der Waals surface area contributed by atoms with E-state index < -0.39 is 16.0 Å². The summed E-state index contributed by atoms with van der Waals surface area (Å²) < 4.78 is 11.1. The van der Waals surface area contributed by atoms with E-state index in [0.29, 0.717) is 11.1 Å². The predicted octanol–water partition coefficient (Wildman–Crippen LogP) is 9.23. The van der Waals surface area contributed by atoms with Crippen molar-refractivity contribution in [3.05, 3.63) is 67.8 Å². The molecule has 0 radical (unpaired) electrons. The lowest BCUT2D eigenvalue weighted by atomic mass is 9.93. The number of nitro groups is 2. The van der Waals surface area contributed by atoms with Crippen LogP contribution in [-0.4, -0.2) is 16.0 Å². The van der Waals surface area contributed by atoms with E-state index in [9.17, 15) is 25.0 Å². The van der Waals surface area contributed by atoms with Crippen LogP contribution >= 0.6 is 0 Å². The molecule has 0 heterocycles. The second-order valence-corrected chi connectivity index (χ2v) is 9.91. The maximum Gasteiger partial charge on any atom is 0.519 e. The summed E-state index contributed by atoms with van der Waals surface area (Å²) in [7, 11) is 0. The zero-order valence-electron chi connectivity index (χ0n) is 22.9. The van der Waals surface area contributed by atoms with Crippen LogP contribution in [0.1, 0.15) is 115 Å². The van der Waals surface area contributed by atoms with Gasteiger partial charge in [-0.15, -0.1) is 0 Å². The largest absolute Gasteiger partial charge is 0.519 e. The monoisotopic (exact) mass is 528 g/mol. The van der Waals surface area contributed by atoms with Crippen LogP contribution in [0.2, 0.25) is 0 Å². The average molecular weight is 529 g/mol. The van der Waals surface area contributed by atoms with Crippen LogP contribution < -0.4 is 9.47 Å². The number of nitro benzene ring substituents is 2. The first kappa shape index (κ1) is 30.7. The fraction of sp³-hybridized carbons (Fsp3) is 0.552. The van der Waals surface area contributed by atoms with Gasteiger partial charge in [0.05, 0.1) is 9.85 Å². The highest BCUT2D eigenvalue weighted by molar-refractivity contribution is 5.69. The van der Waals surface area contributed by atoms with Gasteiger partial charge in [0.15, 0.2) is 0 Å². The second kappa shape index (κ2) is 15.7. The van der Waals surface area contributed by atoms with Gasteiger partial charge in [0.1, 0.15) is 11.5 Å². The highest BCUT2D eigenvalue weighted by Gasteiger charge is 2.23. The molecule has 208 valence electrons. The highest BCUT2D eigenvalue weighted by Crippen LogP contribution is 2.36. The molecule has 9 nitrogen and oxygen atoms in total. The normalized spacial score (nSPS) is 12.5. The molecule has 0 fully saturated rings. The third-order valence-electron chi connectivity index (χ3n) is 6.84. The van der Waals surface area contributed by atoms with Gasteiger partial charge >= 0.3 is 6.16 Å². The molecule has 0 aromatic heterocycles. The number of rotatable bonds is 16. The molecule has 0 N–H and O–H groups in total. The number of ether oxygens (including phenoxy) is 2. The Morgan fingerprint density at radius 2 is 1.11 bits per heavy atom. The lowest BCUT2D eigenvalue weighted by Crippen LogP contribution is -2.17. The fourth-order valence-electron chi connectivity index (χ4n) is 4.52. The van der Waals surface area contributed by atoms with Crippen molar-refractivity contribution in [3.63, 3.8) is 0 Å². The first-order chi connectivity index (χ1) is 18.2. The minimum Gasteiger partial charge on any atom is -0.394 e. The number of carbonyl (C=O) groups is 1. The number of unbranched alkanes of at least 4 members (excludes halogenated alkanes) is 6. The van der Waals surface area contributed by atoms with Crippen LogP contribution in [-0.2, 0) is 0 Å². The van der Waals surface area contributed by atoms with Gasteiger partial charge in [-0.3, -0.25) is 20.2 Å². The standard InChI is InChI=1S/C29H40N2O7/c1-5-7-9-11-13-21(3)25-19-23(30(33)34)15-17-27(25)37-29(32)38-28-18-16-24(31(35)36)20-26(28)22(4)14-12-10-8-6-2/h15-22H,5-14H2,1-4H3. The van der Waals surface area contributed by atoms with E-state index >= 15 is 0 Å². The Morgan fingerprint density at radius 3 is 1.45 bits per heavy atom. The van der Waals surface area contributed by atoms with E-state index in [1.54, 1.807) is 0 Å². The van der Waals surface area contributed by atoms with Crippen LogP contribution in [0.3, 0.4) is 0 Å². The molecule has 0 spiro atoms. The van der Waals surface area contributed by atoms with Gasteiger partial charge in [0.25, 0.3) is 11.4 Å². The maximum atomic E-state index is 12.9. The number of nitrogens with zero attached hydrogens (tertiary/aromatic N) is 2. The summed E-state index contributed by atoms with van der Waals surface area (Å²) in [4.78, 5) is 34.6. The lowest BCUT2D eigenvalue weighted by Gasteiger charge is -2.18. The summed E-state index contributed by atoms with van der Waals surface area (Å²) in [5, 5.41) is 22.7. The van der Waals surface area contributed by atoms with Gasteiger partial charge in [-0.05, 0) is 36.8 Å². The molecule has 0 aliphatic heterocycles. The molecule has 2 atom stereocenters. The smallest absolute Gasteiger partial charge is 0.394 e. The zero-order chi connectivity index (χ0) is 28.1. The van der Waals surface area contributed by atoms with E-state index in [1.807, 2.05) is 13.8 Å². The molecule has 0 aliphatic carbocycles. The molecule has 0 saturated carbocycles. The summed E-state index contributed by atoms with van der Waals surface area (Å²) in [6, 6.07) is 8.33. The molecule has 0 saturated heterocycles. The third-order valence-corrected chi connectivity index (χ3v) is 6.84. The zero-order valence-corrected chi connectivity index (χ0v) is 22.9. The minimum absolute atomic E-state index is 0.0624. The van der Waals surface area contributed by atoms with Gasteiger partial charge in [-0.25, -0.2) is 4.79 Å². The minimum atomic E-state index is -0.994. The lowest BCUT2D eigenvalue weighted by molar-refractivity contribution is -0.385. The van der Waals surface area contributed by atoms with Crippen LogP contribution in [0.5, 0.6) is 11.5 Å². The number of hydrogen-bond donors (Lipinski definition) is 0. The highest BCUT2D eigenvalue weighted by atomic mass is 16.7. The molecule has 2 aromatic carbocycles. The van der Waals surface area contributed by atoms with Crippen LogP contribution in [0.25, 0.3) is 0 Å². The molecular weight excluding hydrogens is 488 g/mol. The van der Waals surface area contributed by atoms with Gasteiger partial charge in [0.2, 0.25) is 0 Å². The summed E-state index contributed by atoms with van der Waals surface area (Å²) in [5.41, 5.74) is 0.994. The number of hydrogen-bond acceptors (Lipinski definition) is 7. The fourth-order valence-corrected chi connectivity index (χ4v) is 4.52. The summed E-state index contributed by atoms with van der Waals surface area (Å²) >= 11 is 0. The molecule has 0 amide bonds. The van der Waals surface area contributed by atoms with E-state index in [2.05, 4.69) is 13.8 Å². The molecule has 2 unspecified atom stereocenters. The second-order valence-electron chi connectivity index (χ2n) is 9.91. The molecule has 38 heavy (non-hydrogen) atoms. The Balaban J connectivity index is 2.24. The van der Waals surface area contributed by atoms with Crippen molar-refractivity contribution in [2.24, 2.45) is 0 Å². The molecule has 2 rings (SSSR count). The SMILES string of the molecule is CCCCCCC(C)c1cc([N+](=O)[O-])ccc1OC(=O)Oc1ccc([N+](=O)[O-])cc1C(C)CCCCCC. The first-order valence-electron chi connectivity index (χ1n) is 13.6. The van der Waals surface area contributed by atoms with E-state index in [1.165, 1.54) is 36.4 Å². The van der Waals surface area contributed by atoms with Crippen LogP contribution in [0, 0.1) is 20.2 Å². The topological polar surface area (TPSA) is 122 Å². The maximum absolute atomic E-state index is 12.9. The molecule has 9 heteroatoms. The van der Waals surface area contributed by atoms with Gasteiger partial charge in [0, 0.05) is 35.4 Å². The third kappa shape index (κ3) is 9.43. The number of non-ortho nitro benzene ring substituents is 2. The van der Waals surface area contributed by atoms with E-state index in [4.69, 9.17) is 9.47 Å². The van der Waals surface area contributed by atoms with E-state index in [0.717, 1.165) is 64.2 Å². The predicted molar refractivity (Wildman–Crippen MR) is 147 cm³/mol. The number of carbonyl (C=O) groups excluding carboxylic acids is 1. The van der Waals surface area contributed by atoms with Crippen LogP contribution in [0.15, 0.2) is 36.4 Å². The average Bonchev–Trinajstić information content (AvgIpc) is 2.89. The molecule has 2 aromatic rings. The first-order valence-corrected chi connectivity index (χ1v) is 13.6. The number of benzene rings is 2. The Bertz CT molecular complexity index is 1000. The molecule has 0 bridgehead atoms. The van der Waals surface area contributed by atoms with Crippen molar-refractivity contribution >= 4 is 17.5 Å². The van der Waals surface area contributed by atoms with Gasteiger partial charge < -0.3 is 9.47 Å². The molecular formula is C29H40N2O7.